The molecule has 0 aromatic heterocycles. The largest absolute Gasteiger partial charge is 0.399 e. The molecule has 0 heterocycles. The monoisotopic (exact) mass is 300 g/mol. The van der Waals surface area contributed by atoms with Gasteiger partial charge in [-0.15, -0.1) is 0 Å². The summed E-state index contributed by atoms with van der Waals surface area (Å²) >= 11 is 3.41. The predicted molar refractivity (Wildman–Crippen MR) is 74.1 cm³/mol. The lowest BCUT2D eigenvalue weighted by Crippen LogP contribution is -2.37. The van der Waals surface area contributed by atoms with E-state index in [0.29, 0.717) is 18.8 Å². The average molecular weight is 301 g/mol. The van der Waals surface area contributed by atoms with Crippen molar-refractivity contribution < 1.29 is 4.79 Å². The second-order valence-corrected chi connectivity index (χ2v) is 4.65. The second-order valence-electron chi connectivity index (χ2n) is 3.79. The molecule has 1 aromatic carbocycles. The van der Waals surface area contributed by atoms with Crippen molar-refractivity contribution in [1.82, 2.24) is 10.2 Å². The molecule has 1 rings (SSSR count). The number of hydrogen-bond acceptors (Lipinski definition) is 3. The molecule has 0 fully saturated rings. The maximum absolute atomic E-state index is 11.2. The molecule has 4 N–H and O–H groups in total. The number of nitrogens with zero attached hydrogens (tertiary/aromatic N) is 1. The van der Waals surface area contributed by atoms with Crippen molar-refractivity contribution in [1.29, 1.82) is 0 Å². The molecule has 5 nitrogen and oxygen atoms in total. The maximum Gasteiger partial charge on any atom is 0.316 e. The van der Waals surface area contributed by atoms with E-state index in [4.69, 9.17) is 5.73 Å². The zero-order valence-electron chi connectivity index (χ0n) is 9.96. The summed E-state index contributed by atoms with van der Waals surface area (Å²) in [5.74, 6) is 0. The molecule has 0 radical (unpaired) electrons. The van der Waals surface area contributed by atoms with E-state index in [9.17, 15) is 4.79 Å². The van der Waals surface area contributed by atoms with Gasteiger partial charge in [-0.2, -0.15) is 0 Å². The first-order chi connectivity index (χ1) is 8.00. The third-order valence-electron chi connectivity index (χ3n) is 2.12. The second kappa shape index (κ2) is 6.34. The van der Waals surface area contributed by atoms with E-state index < -0.39 is 0 Å². The standard InChI is InChI=1S/C11H17BrN4O/c1-16(2)11(17)15-6-5-14-10-4-3-8(13)7-9(10)12/h3-4,7,14H,5-6,13H2,1-2H3,(H,15,17). The van der Waals surface area contributed by atoms with Gasteiger partial charge in [0.1, 0.15) is 0 Å². The molecule has 0 aliphatic carbocycles. The molecule has 17 heavy (non-hydrogen) atoms. The number of benzene rings is 1. The number of nitrogen functional groups attached to an aromatic ring is 1. The summed E-state index contributed by atoms with van der Waals surface area (Å²) in [6, 6.07) is 5.46. The van der Waals surface area contributed by atoms with Crippen LogP contribution >= 0.6 is 15.9 Å². The van der Waals surface area contributed by atoms with Gasteiger partial charge in [-0.3, -0.25) is 0 Å². The van der Waals surface area contributed by atoms with Crippen LogP contribution in [0.5, 0.6) is 0 Å². The van der Waals surface area contributed by atoms with Gasteiger partial charge in [-0.1, -0.05) is 0 Å². The van der Waals surface area contributed by atoms with Crippen molar-refractivity contribution in [2.24, 2.45) is 0 Å². The number of urea groups is 1. The molecule has 94 valence electrons. The summed E-state index contributed by atoms with van der Waals surface area (Å²) < 4.78 is 0.913. The number of amides is 2. The topological polar surface area (TPSA) is 70.4 Å². The van der Waals surface area contributed by atoms with Gasteiger partial charge in [0, 0.05) is 43.0 Å². The Bertz CT molecular complexity index is 395. The summed E-state index contributed by atoms with van der Waals surface area (Å²) in [5, 5.41) is 5.97. The van der Waals surface area contributed by atoms with Crippen molar-refractivity contribution in [2.45, 2.75) is 0 Å². The maximum atomic E-state index is 11.2. The molecule has 1 aromatic rings. The first kappa shape index (κ1) is 13.6. The summed E-state index contributed by atoms with van der Waals surface area (Å²) in [5.41, 5.74) is 7.30. The van der Waals surface area contributed by atoms with Gasteiger partial charge in [0.05, 0.1) is 0 Å². The SMILES string of the molecule is CN(C)C(=O)NCCNc1ccc(N)cc1Br. The van der Waals surface area contributed by atoms with E-state index in [-0.39, 0.29) is 6.03 Å². The highest BCUT2D eigenvalue weighted by Gasteiger charge is 2.02. The van der Waals surface area contributed by atoms with Gasteiger partial charge in [0.2, 0.25) is 0 Å². The van der Waals surface area contributed by atoms with Gasteiger partial charge < -0.3 is 21.3 Å². The minimum absolute atomic E-state index is 0.0943. The number of carbonyl (C=O) groups excluding carboxylic acids is 1. The number of anilines is 2. The lowest BCUT2D eigenvalue weighted by atomic mass is 10.3. The highest BCUT2D eigenvalue weighted by atomic mass is 79.9. The van der Waals surface area contributed by atoms with Crippen LogP contribution in [0.25, 0.3) is 0 Å². The minimum Gasteiger partial charge on any atom is -0.399 e. The number of nitrogens with one attached hydrogen (secondary N) is 2. The third kappa shape index (κ3) is 4.52. The van der Waals surface area contributed by atoms with Crippen LogP contribution in [-0.4, -0.2) is 38.1 Å². The average Bonchev–Trinajstić information content (AvgIpc) is 2.26. The van der Waals surface area contributed by atoms with E-state index in [1.807, 2.05) is 18.2 Å². The summed E-state index contributed by atoms with van der Waals surface area (Å²) in [4.78, 5) is 12.7. The van der Waals surface area contributed by atoms with Crippen LogP contribution in [0, 0.1) is 0 Å². The fourth-order valence-corrected chi connectivity index (χ4v) is 1.74. The summed E-state index contributed by atoms with van der Waals surface area (Å²) in [6.45, 7) is 1.22. The Labute approximate surface area is 109 Å². The van der Waals surface area contributed by atoms with E-state index in [2.05, 4.69) is 26.6 Å². The number of rotatable bonds is 4. The van der Waals surface area contributed by atoms with Gasteiger partial charge in [0.15, 0.2) is 0 Å². The fraction of sp³-hybridized carbons (Fsp3) is 0.364. The first-order valence-corrected chi connectivity index (χ1v) is 6.04. The fourth-order valence-electron chi connectivity index (χ4n) is 1.20. The van der Waals surface area contributed by atoms with Crippen molar-refractivity contribution in [3.8, 4) is 0 Å². The van der Waals surface area contributed by atoms with Crippen molar-refractivity contribution in [2.75, 3.05) is 38.2 Å². The van der Waals surface area contributed by atoms with E-state index >= 15 is 0 Å². The van der Waals surface area contributed by atoms with E-state index in [1.54, 1.807) is 14.1 Å². The molecule has 0 saturated heterocycles. The van der Waals surface area contributed by atoms with Crippen LogP contribution in [0.2, 0.25) is 0 Å². The van der Waals surface area contributed by atoms with Crippen molar-refractivity contribution >= 4 is 33.3 Å². The van der Waals surface area contributed by atoms with Crippen LogP contribution in [0.3, 0.4) is 0 Å². The summed E-state index contributed by atoms with van der Waals surface area (Å²) in [7, 11) is 3.42. The zero-order chi connectivity index (χ0) is 12.8. The van der Waals surface area contributed by atoms with Crippen LogP contribution in [0.15, 0.2) is 22.7 Å². The molecular weight excluding hydrogens is 284 g/mol. The number of nitrogens with two attached hydrogens (primary N) is 1. The quantitative estimate of drug-likeness (QED) is 0.586. The number of hydrogen-bond donors (Lipinski definition) is 3. The zero-order valence-corrected chi connectivity index (χ0v) is 11.5. The number of carbonyl (C=O) groups is 1. The number of halogens is 1. The molecule has 2 amide bonds. The lowest BCUT2D eigenvalue weighted by molar-refractivity contribution is 0.218. The first-order valence-electron chi connectivity index (χ1n) is 5.24. The Kier molecular flexibility index (Phi) is 5.09. The Hall–Kier alpha value is -1.43. The lowest BCUT2D eigenvalue weighted by Gasteiger charge is -2.13. The third-order valence-corrected chi connectivity index (χ3v) is 2.77. The van der Waals surface area contributed by atoms with Gasteiger partial charge in [-0.05, 0) is 34.1 Å². The molecule has 0 bridgehead atoms. The van der Waals surface area contributed by atoms with Crippen LogP contribution in [-0.2, 0) is 0 Å². The van der Waals surface area contributed by atoms with Crippen LogP contribution in [0.4, 0.5) is 16.2 Å². The Morgan fingerprint density at radius 2 is 2.12 bits per heavy atom. The Morgan fingerprint density at radius 3 is 2.71 bits per heavy atom. The molecular formula is C11H17BrN4O. The predicted octanol–water partition coefficient (Wildman–Crippen LogP) is 1.71. The molecule has 6 heteroatoms. The normalized spacial score (nSPS) is 9.82. The molecule has 0 saturated carbocycles. The van der Waals surface area contributed by atoms with Crippen molar-refractivity contribution in [3.05, 3.63) is 22.7 Å². The molecule has 0 unspecified atom stereocenters. The van der Waals surface area contributed by atoms with E-state index in [0.717, 1.165) is 10.2 Å². The molecule has 0 aliphatic rings. The van der Waals surface area contributed by atoms with E-state index in [1.165, 1.54) is 4.90 Å². The van der Waals surface area contributed by atoms with Gasteiger partial charge >= 0.3 is 6.03 Å². The van der Waals surface area contributed by atoms with Crippen molar-refractivity contribution in [3.63, 3.8) is 0 Å². The van der Waals surface area contributed by atoms with Gasteiger partial charge in [0.25, 0.3) is 0 Å². The molecule has 0 aliphatic heterocycles. The Balaban J connectivity index is 2.34. The highest BCUT2D eigenvalue weighted by molar-refractivity contribution is 9.10. The summed E-state index contributed by atoms with van der Waals surface area (Å²) in [6.07, 6.45) is 0. The van der Waals surface area contributed by atoms with Crippen LogP contribution < -0.4 is 16.4 Å². The van der Waals surface area contributed by atoms with Gasteiger partial charge in [-0.25, -0.2) is 4.79 Å². The van der Waals surface area contributed by atoms with Crippen LogP contribution in [0.1, 0.15) is 0 Å². The Morgan fingerprint density at radius 1 is 1.41 bits per heavy atom. The minimum atomic E-state index is -0.0943. The highest BCUT2D eigenvalue weighted by Crippen LogP contribution is 2.24. The molecule has 0 spiro atoms. The smallest absolute Gasteiger partial charge is 0.316 e. The molecule has 0 atom stereocenters.